The Balaban J connectivity index is 2.20. The molecule has 1 fully saturated rings. The van der Waals surface area contributed by atoms with Crippen molar-refractivity contribution in [2.24, 2.45) is 0 Å². The lowest BCUT2D eigenvalue weighted by molar-refractivity contribution is -0.141. The van der Waals surface area contributed by atoms with Crippen LogP contribution < -0.4 is 9.62 Å². The fraction of sp³-hybridized carbons (Fsp3) is 0.667. The van der Waals surface area contributed by atoms with E-state index in [0.717, 1.165) is 31.4 Å². The van der Waals surface area contributed by atoms with E-state index < -0.39 is 21.9 Å². The molecule has 22 heavy (non-hydrogen) atoms. The number of nitrogens with zero attached hydrogens (tertiary/aromatic N) is 3. The van der Waals surface area contributed by atoms with Crippen LogP contribution in [0.3, 0.4) is 0 Å². The molecule has 0 aliphatic carbocycles. The van der Waals surface area contributed by atoms with E-state index in [9.17, 15) is 21.6 Å². The van der Waals surface area contributed by atoms with Gasteiger partial charge in [-0.1, -0.05) is 0 Å². The number of anilines is 1. The minimum absolute atomic E-state index is 0.0187. The van der Waals surface area contributed by atoms with Gasteiger partial charge in [0, 0.05) is 25.3 Å². The number of halogens is 3. The van der Waals surface area contributed by atoms with Gasteiger partial charge in [0.15, 0.2) is 0 Å². The number of alkyl halides is 3. The molecule has 6 nitrogen and oxygen atoms in total. The van der Waals surface area contributed by atoms with Crippen molar-refractivity contribution in [3.63, 3.8) is 0 Å². The highest BCUT2D eigenvalue weighted by Gasteiger charge is 2.34. The number of rotatable bonds is 4. The van der Waals surface area contributed by atoms with Crippen LogP contribution in [0.4, 0.5) is 19.1 Å². The summed E-state index contributed by atoms with van der Waals surface area (Å²) < 4.78 is 63.0. The summed E-state index contributed by atoms with van der Waals surface area (Å²) in [5.41, 5.74) is -1.00. The molecule has 0 spiro atoms. The topological polar surface area (TPSA) is 75.2 Å². The van der Waals surface area contributed by atoms with Gasteiger partial charge in [-0.25, -0.2) is 23.1 Å². The molecule has 1 aromatic heterocycles. The van der Waals surface area contributed by atoms with E-state index in [0.29, 0.717) is 13.0 Å². The van der Waals surface area contributed by atoms with Crippen LogP contribution in [-0.2, 0) is 16.2 Å². The molecule has 0 saturated carbocycles. The van der Waals surface area contributed by atoms with Crippen molar-refractivity contribution >= 4 is 16.0 Å². The number of hydrogen-bond acceptors (Lipinski definition) is 5. The Bertz CT molecular complexity index is 621. The third-order valence-corrected chi connectivity index (χ3v) is 4.09. The summed E-state index contributed by atoms with van der Waals surface area (Å²) in [6, 6.07) is 0.559. The van der Waals surface area contributed by atoms with E-state index in [4.69, 9.17) is 0 Å². The van der Waals surface area contributed by atoms with Gasteiger partial charge in [-0.05, 0) is 25.3 Å². The van der Waals surface area contributed by atoms with Gasteiger partial charge in [-0.2, -0.15) is 13.2 Å². The van der Waals surface area contributed by atoms with Crippen LogP contribution in [0.2, 0.25) is 0 Å². The molecule has 10 heteroatoms. The first-order valence-electron chi connectivity index (χ1n) is 6.78. The van der Waals surface area contributed by atoms with E-state index in [1.54, 1.807) is 4.90 Å². The lowest BCUT2D eigenvalue weighted by atomic mass is 10.0. The van der Waals surface area contributed by atoms with Crippen LogP contribution in [-0.4, -0.2) is 43.8 Å². The van der Waals surface area contributed by atoms with Crippen LogP contribution in [0, 0.1) is 0 Å². The maximum absolute atomic E-state index is 12.7. The number of aromatic nitrogens is 2. The molecule has 1 aliphatic heterocycles. The zero-order valence-corrected chi connectivity index (χ0v) is 12.8. The van der Waals surface area contributed by atoms with Gasteiger partial charge in [0.1, 0.15) is 5.69 Å². The van der Waals surface area contributed by atoms with E-state index in [1.807, 2.05) is 0 Å². The maximum Gasteiger partial charge on any atom is 0.433 e. The Morgan fingerprint density at radius 1 is 1.41 bits per heavy atom. The second-order valence-electron chi connectivity index (χ2n) is 5.20. The molecule has 2 heterocycles. The van der Waals surface area contributed by atoms with Crippen LogP contribution in [0.1, 0.15) is 25.0 Å². The Hall–Kier alpha value is -1.42. The molecule has 0 aromatic carbocycles. The zero-order valence-electron chi connectivity index (χ0n) is 12.0. The summed E-state index contributed by atoms with van der Waals surface area (Å²) >= 11 is 0. The first kappa shape index (κ1) is 16.9. The second kappa shape index (κ2) is 6.37. The first-order valence-corrected chi connectivity index (χ1v) is 8.67. The highest BCUT2D eigenvalue weighted by atomic mass is 32.2. The molecule has 124 valence electrons. The summed E-state index contributed by atoms with van der Waals surface area (Å²) in [4.78, 5) is 9.12. The second-order valence-corrected chi connectivity index (χ2v) is 7.04. The third kappa shape index (κ3) is 4.54. The Kier molecular flexibility index (Phi) is 4.90. The van der Waals surface area contributed by atoms with Crippen molar-refractivity contribution in [1.29, 1.82) is 0 Å². The largest absolute Gasteiger partial charge is 0.433 e. The maximum atomic E-state index is 12.7. The van der Waals surface area contributed by atoms with E-state index in [-0.39, 0.29) is 18.5 Å². The number of nitrogens with one attached hydrogen (secondary N) is 1. The van der Waals surface area contributed by atoms with Crippen molar-refractivity contribution in [2.45, 2.75) is 31.5 Å². The highest BCUT2D eigenvalue weighted by molar-refractivity contribution is 7.88. The third-order valence-electron chi connectivity index (χ3n) is 3.40. The Morgan fingerprint density at radius 2 is 2.14 bits per heavy atom. The lowest BCUT2D eigenvalue weighted by Gasteiger charge is -2.35. The summed E-state index contributed by atoms with van der Waals surface area (Å²) in [6.45, 7) is 0.621. The molecular formula is C12H17F3N4O2S. The summed E-state index contributed by atoms with van der Waals surface area (Å²) in [7, 11) is -3.36. The summed E-state index contributed by atoms with van der Waals surface area (Å²) in [5, 5.41) is 0. The molecule has 2 rings (SSSR count). The van der Waals surface area contributed by atoms with E-state index in [2.05, 4.69) is 14.7 Å². The average molecular weight is 338 g/mol. The van der Waals surface area contributed by atoms with Gasteiger partial charge in [-0.15, -0.1) is 0 Å². The molecule has 1 aliphatic rings. The SMILES string of the molecule is CS(=O)(=O)NC[C@H]1CCCCN1c1nccc(C(F)(F)F)n1. The normalized spacial score (nSPS) is 20.2. The van der Waals surface area contributed by atoms with Crippen molar-refractivity contribution in [1.82, 2.24) is 14.7 Å². The lowest BCUT2D eigenvalue weighted by Crippen LogP contribution is -2.47. The predicted octanol–water partition coefficient (Wildman–Crippen LogP) is 1.40. The first-order chi connectivity index (χ1) is 10.2. The molecule has 0 amide bonds. The van der Waals surface area contributed by atoms with Gasteiger partial charge in [-0.3, -0.25) is 0 Å². The fourth-order valence-electron chi connectivity index (χ4n) is 2.37. The summed E-state index contributed by atoms with van der Waals surface area (Å²) in [5.74, 6) is -0.0187. The molecule has 0 radical (unpaired) electrons. The zero-order chi connectivity index (χ0) is 16.4. The van der Waals surface area contributed by atoms with Crippen LogP contribution in [0.25, 0.3) is 0 Å². The van der Waals surface area contributed by atoms with Crippen molar-refractivity contribution < 1.29 is 21.6 Å². The number of hydrogen-bond donors (Lipinski definition) is 1. The van der Waals surface area contributed by atoms with E-state index >= 15 is 0 Å². The highest BCUT2D eigenvalue weighted by Crippen LogP contribution is 2.29. The molecule has 0 bridgehead atoms. The van der Waals surface area contributed by atoms with Crippen LogP contribution >= 0.6 is 0 Å². The monoisotopic (exact) mass is 338 g/mol. The fourth-order valence-corrected chi connectivity index (χ4v) is 2.86. The van der Waals surface area contributed by atoms with Crippen molar-refractivity contribution in [2.75, 3.05) is 24.2 Å². The van der Waals surface area contributed by atoms with E-state index in [1.165, 1.54) is 0 Å². The molecule has 1 aromatic rings. The number of sulfonamides is 1. The molecule has 1 atom stereocenters. The smallest absolute Gasteiger partial charge is 0.337 e. The Morgan fingerprint density at radius 3 is 2.77 bits per heavy atom. The number of piperidine rings is 1. The molecule has 1 saturated heterocycles. The summed E-state index contributed by atoms with van der Waals surface area (Å²) in [6.07, 6.45) is -0.0710. The van der Waals surface area contributed by atoms with Crippen LogP contribution in [0.15, 0.2) is 12.3 Å². The van der Waals surface area contributed by atoms with Gasteiger partial charge >= 0.3 is 6.18 Å². The molecule has 0 unspecified atom stereocenters. The van der Waals surface area contributed by atoms with Gasteiger partial charge < -0.3 is 4.90 Å². The molecule has 1 N–H and O–H groups in total. The Labute approximate surface area is 126 Å². The minimum Gasteiger partial charge on any atom is -0.337 e. The quantitative estimate of drug-likeness (QED) is 0.898. The van der Waals surface area contributed by atoms with Gasteiger partial charge in [0.25, 0.3) is 0 Å². The standard InChI is InChI=1S/C12H17F3N4O2S/c1-22(20,21)17-8-9-4-2-3-7-19(9)11-16-6-5-10(18-11)12(13,14)15/h5-6,9,17H,2-4,7-8H2,1H3/t9-/m1/s1. The van der Waals surface area contributed by atoms with Crippen LogP contribution in [0.5, 0.6) is 0 Å². The predicted molar refractivity (Wildman–Crippen MR) is 74.9 cm³/mol. The van der Waals surface area contributed by atoms with Crippen molar-refractivity contribution in [3.8, 4) is 0 Å². The van der Waals surface area contributed by atoms with Gasteiger partial charge in [0.2, 0.25) is 16.0 Å². The average Bonchev–Trinajstić information content (AvgIpc) is 2.44. The van der Waals surface area contributed by atoms with Gasteiger partial charge in [0.05, 0.1) is 6.26 Å². The van der Waals surface area contributed by atoms with Crippen molar-refractivity contribution in [3.05, 3.63) is 18.0 Å². The molecular weight excluding hydrogens is 321 g/mol. The minimum atomic E-state index is -4.53.